The minimum absolute atomic E-state index is 0. The SMILES string of the molecule is Cl.NCC1CCC(c2c(C(=O)N3CCOCC3)sc3ccccc23)CC1. The van der Waals surface area contributed by atoms with E-state index in [4.69, 9.17) is 10.5 Å². The van der Waals surface area contributed by atoms with E-state index in [0.717, 1.165) is 24.3 Å². The van der Waals surface area contributed by atoms with Crippen molar-refractivity contribution < 1.29 is 9.53 Å². The van der Waals surface area contributed by atoms with Crippen molar-refractivity contribution in [1.82, 2.24) is 4.90 Å². The van der Waals surface area contributed by atoms with Crippen molar-refractivity contribution in [3.05, 3.63) is 34.7 Å². The molecule has 1 aliphatic carbocycles. The molecule has 1 amide bonds. The van der Waals surface area contributed by atoms with Gasteiger partial charge in [0.1, 0.15) is 0 Å². The normalized spacial score (nSPS) is 23.7. The lowest BCUT2D eigenvalue weighted by Gasteiger charge is -2.30. The van der Waals surface area contributed by atoms with Crippen molar-refractivity contribution in [2.75, 3.05) is 32.8 Å². The van der Waals surface area contributed by atoms with Gasteiger partial charge >= 0.3 is 0 Å². The number of carbonyl (C=O) groups excluding carboxylic acids is 1. The van der Waals surface area contributed by atoms with E-state index in [1.165, 1.54) is 28.5 Å². The van der Waals surface area contributed by atoms with Gasteiger partial charge in [-0.3, -0.25) is 4.79 Å². The maximum Gasteiger partial charge on any atom is 0.264 e. The Morgan fingerprint density at radius 1 is 1.15 bits per heavy atom. The molecule has 2 N–H and O–H groups in total. The summed E-state index contributed by atoms with van der Waals surface area (Å²) in [4.78, 5) is 16.1. The largest absolute Gasteiger partial charge is 0.378 e. The van der Waals surface area contributed by atoms with Crippen molar-refractivity contribution >= 4 is 39.7 Å². The third kappa shape index (κ3) is 3.77. The number of thiophene rings is 1. The van der Waals surface area contributed by atoms with Crippen LogP contribution in [0.3, 0.4) is 0 Å². The first-order chi connectivity index (χ1) is 12.3. The van der Waals surface area contributed by atoms with Crippen LogP contribution >= 0.6 is 23.7 Å². The number of amides is 1. The summed E-state index contributed by atoms with van der Waals surface area (Å²) in [5.41, 5.74) is 7.16. The lowest BCUT2D eigenvalue weighted by atomic mass is 9.78. The monoisotopic (exact) mass is 394 g/mol. The molecule has 0 atom stereocenters. The second kappa shape index (κ2) is 8.70. The van der Waals surface area contributed by atoms with E-state index >= 15 is 0 Å². The van der Waals surface area contributed by atoms with Crippen LogP contribution in [0.2, 0.25) is 0 Å². The molecular weight excluding hydrogens is 368 g/mol. The zero-order valence-electron chi connectivity index (χ0n) is 15.0. The molecule has 0 bridgehead atoms. The van der Waals surface area contributed by atoms with Crippen LogP contribution in [0.1, 0.15) is 46.8 Å². The Hall–Kier alpha value is -1.14. The van der Waals surface area contributed by atoms with E-state index in [9.17, 15) is 4.79 Å². The van der Waals surface area contributed by atoms with Gasteiger partial charge in [0.05, 0.1) is 18.1 Å². The number of nitrogens with two attached hydrogens (primary N) is 1. The minimum atomic E-state index is 0. The molecule has 2 aromatic rings. The van der Waals surface area contributed by atoms with Crippen LogP contribution in [0.4, 0.5) is 0 Å². The van der Waals surface area contributed by atoms with Gasteiger partial charge in [0.25, 0.3) is 5.91 Å². The van der Waals surface area contributed by atoms with Crippen LogP contribution in [0.15, 0.2) is 24.3 Å². The predicted molar refractivity (Wildman–Crippen MR) is 110 cm³/mol. The lowest BCUT2D eigenvalue weighted by Crippen LogP contribution is -2.40. The fraction of sp³-hybridized carbons (Fsp3) is 0.550. The number of hydrogen-bond acceptors (Lipinski definition) is 4. The Bertz CT molecular complexity index is 749. The zero-order chi connectivity index (χ0) is 17.2. The number of rotatable bonds is 3. The van der Waals surface area contributed by atoms with Gasteiger partial charge in [0, 0.05) is 17.8 Å². The minimum Gasteiger partial charge on any atom is -0.378 e. The number of nitrogens with zero attached hydrogens (tertiary/aromatic N) is 1. The number of morpholine rings is 1. The Morgan fingerprint density at radius 3 is 2.54 bits per heavy atom. The van der Waals surface area contributed by atoms with Crippen molar-refractivity contribution in [3.8, 4) is 0 Å². The summed E-state index contributed by atoms with van der Waals surface area (Å²) in [5.74, 6) is 1.33. The highest BCUT2D eigenvalue weighted by Gasteiger charge is 2.30. The van der Waals surface area contributed by atoms with Gasteiger partial charge in [-0.25, -0.2) is 0 Å². The number of benzene rings is 1. The predicted octanol–water partition coefficient (Wildman–Crippen LogP) is 4.03. The summed E-state index contributed by atoms with van der Waals surface area (Å²) in [7, 11) is 0. The molecule has 6 heteroatoms. The van der Waals surface area contributed by atoms with Crippen LogP contribution in [-0.2, 0) is 4.74 Å². The van der Waals surface area contributed by atoms with Crippen LogP contribution in [-0.4, -0.2) is 43.7 Å². The fourth-order valence-corrected chi connectivity index (χ4v) is 5.48. The average Bonchev–Trinajstić information content (AvgIpc) is 3.07. The molecule has 1 aromatic heterocycles. The number of ether oxygens (including phenoxy) is 1. The van der Waals surface area contributed by atoms with E-state index in [0.29, 0.717) is 38.1 Å². The van der Waals surface area contributed by atoms with Crippen molar-refractivity contribution in [1.29, 1.82) is 0 Å². The van der Waals surface area contributed by atoms with E-state index in [1.807, 2.05) is 4.90 Å². The quantitative estimate of drug-likeness (QED) is 0.855. The molecular formula is C20H27ClN2O2S. The van der Waals surface area contributed by atoms with Gasteiger partial charge in [0.15, 0.2) is 0 Å². The summed E-state index contributed by atoms with van der Waals surface area (Å²) in [6.45, 7) is 3.48. The van der Waals surface area contributed by atoms with E-state index in [-0.39, 0.29) is 18.3 Å². The first kappa shape index (κ1) is 19.6. The number of carbonyl (C=O) groups is 1. The van der Waals surface area contributed by atoms with Gasteiger partial charge < -0.3 is 15.4 Å². The first-order valence-electron chi connectivity index (χ1n) is 9.36. The fourth-order valence-electron chi connectivity index (χ4n) is 4.23. The number of hydrogen-bond donors (Lipinski definition) is 1. The smallest absolute Gasteiger partial charge is 0.264 e. The van der Waals surface area contributed by atoms with E-state index < -0.39 is 0 Å². The molecule has 1 aromatic carbocycles. The molecule has 0 spiro atoms. The maximum atomic E-state index is 13.2. The van der Waals surface area contributed by atoms with Crippen LogP contribution < -0.4 is 5.73 Å². The number of fused-ring (bicyclic) bond motifs is 1. The second-order valence-corrected chi connectivity index (χ2v) is 8.25. The van der Waals surface area contributed by atoms with Gasteiger partial charge in [-0.2, -0.15) is 0 Å². The molecule has 2 aliphatic rings. The lowest BCUT2D eigenvalue weighted by molar-refractivity contribution is 0.0305. The summed E-state index contributed by atoms with van der Waals surface area (Å²) in [6.07, 6.45) is 4.64. The molecule has 1 saturated heterocycles. The molecule has 2 heterocycles. The summed E-state index contributed by atoms with van der Waals surface area (Å²) in [5, 5.41) is 1.28. The topological polar surface area (TPSA) is 55.6 Å². The summed E-state index contributed by atoms with van der Waals surface area (Å²) < 4.78 is 6.64. The van der Waals surface area contributed by atoms with Gasteiger partial charge in [0.2, 0.25) is 0 Å². The Labute approximate surface area is 165 Å². The van der Waals surface area contributed by atoms with Crippen LogP contribution in [0.5, 0.6) is 0 Å². The molecule has 2 fully saturated rings. The molecule has 26 heavy (non-hydrogen) atoms. The molecule has 4 nitrogen and oxygen atoms in total. The molecule has 4 rings (SSSR count). The van der Waals surface area contributed by atoms with E-state index in [1.54, 1.807) is 11.3 Å². The Morgan fingerprint density at radius 2 is 1.85 bits per heavy atom. The van der Waals surface area contributed by atoms with Gasteiger partial charge in [-0.05, 0) is 61.1 Å². The maximum absolute atomic E-state index is 13.2. The zero-order valence-corrected chi connectivity index (χ0v) is 16.6. The van der Waals surface area contributed by atoms with Crippen LogP contribution in [0.25, 0.3) is 10.1 Å². The highest BCUT2D eigenvalue weighted by molar-refractivity contribution is 7.21. The third-order valence-corrected chi connectivity index (χ3v) is 6.89. The molecule has 1 aliphatic heterocycles. The molecule has 142 valence electrons. The third-order valence-electron chi connectivity index (χ3n) is 5.71. The average molecular weight is 395 g/mol. The Kier molecular flexibility index (Phi) is 6.56. The van der Waals surface area contributed by atoms with Crippen molar-refractivity contribution in [2.45, 2.75) is 31.6 Å². The summed E-state index contributed by atoms with van der Waals surface area (Å²) in [6, 6.07) is 8.49. The van der Waals surface area contributed by atoms with Crippen LogP contribution in [0, 0.1) is 5.92 Å². The molecule has 0 unspecified atom stereocenters. The first-order valence-corrected chi connectivity index (χ1v) is 10.2. The molecule has 0 radical (unpaired) electrons. The second-order valence-electron chi connectivity index (χ2n) is 7.20. The van der Waals surface area contributed by atoms with E-state index in [2.05, 4.69) is 24.3 Å². The number of halogens is 1. The summed E-state index contributed by atoms with van der Waals surface area (Å²) >= 11 is 1.67. The standard InChI is InChI=1S/C20H26N2O2S.ClH/c21-13-14-5-7-15(8-6-14)18-16-3-1-2-4-17(16)25-19(18)20(23)22-9-11-24-12-10-22;/h1-4,14-15H,5-13,21H2;1H. The molecule has 1 saturated carbocycles. The highest BCUT2D eigenvalue weighted by Crippen LogP contribution is 2.44. The Balaban J connectivity index is 0.00000196. The highest BCUT2D eigenvalue weighted by atomic mass is 35.5. The van der Waals surface area contributed by atoms with Gasteiger partial charge in [-0.15, -0.1) is 23.7 Å². The van der Waals surface area contributed by atoms with Crippen molar-refractivity contribution in [2.24, 2.45) is 11.7 Å². The van der Waals surface area contributed by atoms with Gasteiger partial charge in [-0.1, -0.05) is 18.2 Å². The van der Waals surface area contributed by atoms with Crippen molar-refractivity contribution in [3.63, 3.8) is 0 Å².